The molecule has 2 bridgehead atoms. The summed E-state index contributed by atoms with van der Waals surface area (Å²) in [4.78, 5) is 12.5. The summed E-state index contributed by atoms with van der Waals surface area (Å²) in [5.74, 6) is 2.61. The Hall–Kier alpha value is -2.12. The van der Waals surface area contributed by atoms with E-state index in [1.54, 1.807) is 24.3 Å². The van der Waals surface area contributed by atoms with Gasteiger partial charge < -0.3 is 9.73 Å². The molecule has 0 aliphatic heterocycles. The van der Waals surface area contributed by atoms with Crippen molar-refractivity contribution in [1.82, 2.24) is 4.72 Å². The summed E-state index contributed by atoms with van der Waals surface area (Å²) in [6, 6.07) is 9.66. The van der Waals surface area contributed by atoms with Crippen LogP contribution in [-0.4, -0.2) is 14.3 Å². The number of sulfonamides is 1. The number of anilines is 1. The van der Waals surface area contributed by atoms with E-state index in [0.717, 1.165) is 5.92 Å². The normalized spacial score (nSPS) is 24.2. The van der Waals surface area contributed by atoms with Gasteiger partial charge in [-0.25, -0.2) is 13.1 Å². The van der Waals surface area contributed by atoms with Crippen molar-refractivity contribution in [2.75, 3.05) is 5.32 Å². The van der Waals surface area contributed by atoms with E-state index in [-0.39, 0.29) is 17.3 Å². The van der Waals surface area contributed by atoms with Crippen molar-refractivity contribution >= 4 is 21.6 Å². The van der Waals surface area contributed by atoms with Gasteiger partial charge in [0, 0.05) is 12.1 Å². The minimum atomic E-state index is -3.63. The third kappa shape index (κ3) is 4.25. The van der Waals surface area contributed by atoms with Gasteiger partial charge in [0.05, 0.1) is 17.7 Å². The number of hydrogen-bond acceptors (Lipinski definition) is 4. The van der Waals surface area contributed by atoms with Crippen molar-refractivity contribution in [2.45, 2.75) is 43.5 Å². The summed E-state index contributed by atoms with van der Waals surface area (Å²) in [6.45, 7) is 0.0946. The van der Waals surface area contributed by atoms with Crippen molar-refractivity contribution < 1.29 is 17.6 Å². The van der Waals surface area contributed by atoms with E-state index in [2.05, 4.69) is 10.0 Å². The first kappa shape index (κ1) is 18.3. The zero-order valence-electron chi connectivity index (χ0n) is 15.1. The van der Waals surface area contributed by atoms with E-state index >= 15 is 0 Å². The molecule has 0 spiro atoms. The number of carbonyl (C=O) groups is 1. The molecule has 2 aliphatic rings. The number of carbonyl (C=O) groups excluding carboxylic acids is 1. The molecular weight excluding hydrogens is 364 g/mol. The van der Waals surface area contributed by atoms with Crippen LogP contribution in [0, 0.1) is 17.8 Å². The van der Waals surface area contributed by atoms with Gasteiger partial charge in [0.25, 0.3) is 0 Å². The number of benzene rings is 1. The SMILES string of the molecule is O=C(C[C@H]1C[C@H]2CC[C@@H]1C2)Nc1ccc(S(=O)(=O)NCc2ccco2)cc1. The van der Waals surface area contributed by atoms with Gasteiger partial charge in [-0.15, -0.1) is 0 Å². The molecule has 0 radical (unpaired) electrons. The lowest BCUT2D eigenvalue weighted by Crippen LogP contribution is -2.23. The van der Waals surface area contributed by atoms with Crippen LogP contribution < -0.4 is 10.0 Å². The van der Waals surface area contributed by atoms with Crippen molar-refractivity contribution in [2.24, 2.45) is 17.8 Å². The van der Waals surface area contributed by atoms with Crippen LogP contribution in [-0.2, 0) is 21.4 Å². The van der Waals surface area contributed by atoms with Crippen molar-refractivity contribution in [3.05, 3.63) is 48.4 Å². The molecule has 2 aliphatic carbocycles. The smallest absolute Gasteiger partial charge is 0.240 e. The van der Waals surface area contributed by atoms with Crippen LogP contribution in [0.2, 0.25) is 0 Å². The number of fused-ring (bicyclic) bond motifs is 2. The Morgan fingerprint density at radius 2 is 1.93 bits per heavy atom. The molecule has 1 heterocycles. The van der Waals surface area contributed by atoms with Crippen molar-refractivity contribution in [3.8, 4) is 0 Å². The lowest BCUT2D eigenvalue weighted by molar-refractivity contribution is -0.117. The molecule has 7 heteroatoms. The summed E-state index contributed by atoms with van der Waals surface area (Å²) in [5, 5.41) is 2.89. The standard InChI is InChI=1S/C20H24N2O4S/c23-20(12-16-11-14-3-4-15(16)10-14)22-17-5-7-19(8-6-17)27(24,25)21-13-18-2-1-9-26-18/h1-2,5-9,14-16,21H,3-4,10-13H2,(H,22,23)/t14-,15+,16+/m0/s1. The van der Waals surface area contributed by atoms with Crippen molar-refractivity contribution in [1.29, 1.82) is 0 Å². The number of rotatable bonds is 7. The first-order valence-corrected chi connectivity index (χ1v) is 10.9. The number of amides is 1. The highest BCUT2D eigenvalue weighted by Crippen LogP contribution is 2.49. The Morgan fingerprint density at radius 1 is 1.11 bits per heavy atom. The average Bonchev–Trinajstić information content (AvgIpc) is 3.39. The van der Waals surface area contributed by atoms with Crippen LogP contribution in [0.5, 0.6) is 0 Å². The fourth-order valence-electron chi connectivity index (χ4n) is 4.46. The van der Waals surface area contributed by atoms with E-state index in [0.29, 0.717) is 29.7 Å². The maximum absolute atomic E-state index is 12.3. The lowest BCUT2D eigenvalue weighted by atomic mass is 9.86. The molecular formula is C20H24N2O4S. The predicted octanol–water partition coefficient (Wildman–Crippen LogP) is 3.52. The molecule has 144 valence electrons. The number of furan rings is 1. The minimum Gasteiger partial charge on any atom is -0.468 e. The minimum absolute atomic E-state index is 0.0131. The summed E-state index contributed by atoms with van der Waals surface area (Å²) in [7, 11) is -3.63. The second-order valence-electron chi connectivity index (χ2n) is 7.62. The Balaban J connectivity index is 1.32. The van der Waals surface area contributed by atoms with Gasteiger partial charge in [-0.2, -0.15) is 0 Å². The van der Waals surface area contributed by atoms with Crippen LogP contribution in [0.3, 0.4) is 0 Å². The summed E-state index contributed by atoms with van der Waals surface area (Å²) >= 11 is 0. The maximum atomic E-state index is 12.3. The molecule has 3 atom stereocenters. The molecule has 2 N–H and O–H groups in total. The molecule has 0 saturated heterocycles. The molecule has 2 aromatic rings. The van der Waals surface area contributed by atoms with Crippen molar-refractivity contribution in [3.63, 3.8) is 0 Å². The van der Waals surface area contributed by atoms with E-state index in [1.165, 1.54) is 44.1 Å². The third-order valence-electron chi connectivity index (χ3n) is 5.80. The molecule has 0 unspecified atom stereocenters. The van der Waals surface area contributed by atoms with E-state index in [4.69, 9.17) is 4.42 Å². The van der Waals surface area contributed by atoms with E-state index in [1.807, 2.05) is 0 Å². The Bertz CT molecular complexity index is 891. The highest BCUT2D eigenvalue weighted by molar-refractivity contribution is 7.89. The quantitative estimate of drug-likeness (QED) is 0.759. The zero-order valence-corrected chi connectivity index (χ0v) is 15.9. The molecule has 27 heavy (non-hydrogen) atoms. The molecule has 1 amide bonds. The van der Waals surface area contributed by atoms with E-state index < -0.39 is 10.0 Å². The number of hydrogen-bond donors (Lipinski definition) is 2. The first-order valence-electron chi connectivity index (χ1n) is 9.41. The van der Waals surface area contributed by atoms with Crippen LogP contribution in [0.15, 0.2) is 52.0 Å². The van der Waals surface area contributed by atoms with Crippen LogP contribution in [0.1, 0.15) is 37.9 Å². The molecule has 2 fully saturated rings. The zero-order chi connectivity index (χ0) is 18.9. The van der Waals surface area contributed by atoms with Gasteiger partial charge >= 0.3 is 0 Å². The van der Waals surface area contributed by atoms with Crippen LogP contribution >= 0.6 is 0 Å². The third-order valence-corrected chi connectivity index (χ3v) is 7.21. The van der Waals surface area contributed by atoms with Crippen LogP contribution in [0.25, 0.3) is 0 Å². The topological polar surface area (TPSA) is 88.4 Å². The monoisotopic (exact) mass is 388 g/mol. The van der Waals surface area contributed by atoms with Gasteiger partial charge in [0.2, 0.25) is 15.9 Å². The highest BCUT2D eigenvalue weighted by Gasteiger charge is 2.40. The fraction of sp³-hybridized carbons (Fsp3) is 0.450. The molecule has 1 aromatic carbocycles. The molecule has 1 aromatic heterocycles. The lowest BCUT2D eigenvalue weighted by Gasteiger charge is -2.20. The summed E-state index contributed by atoms with van der Waals surface area (Å²) in [6.07, 6.45) is 7.11. The Labute approximate surface area is 159 Å². The maximum Gasteiger partial charge on any atom is 0.240 e. The Kier molecular flexibility index (Phi) is 5.06. The molecule has 4 rings (SSSR count). The van der Waals surface area contributed by atoms with Gasteiger partial charge in [0.1, 0.15) is 5.76 Å². The Morgan fingerprint density at radius 3 is 2.56 bits per heavy atom. The predicted molar refractivity (Wildman–Crippen MR) is 101 cm³/mol. The summed E-state index contributed by atoms with van der Waals surface area (Å²) < 4.78 is 32.3. The van der Waals surface area contributed by atoms with Gasteiger partial charge in [-0.05, 0) is 73.4 Å². The van der Waals surface area contributed by atoms with Gasteiger partial charge in [-0.1, -0.05) is 6.42 Å². The van der Waals surface area contributed by atoms with Gasteiger partial charge in [-0.3, -0.25) is 4.79 Å². The van der Waals surface area contributed by atoms with Crippen LogP contribution in [0.4, 0.5) is 5.69 Å². The van der Waals surface area contributed by atoms with Gasteiger partial charge in [0.15, 0.2) is 0 Å². The number of nitrogens with one attached hydrogen (secondary N) is 2. The highest BCUT2D eigenvalue weighted by atomic mass is 32.2. The second kappa shape index (κ2) is 7.48. The average molecular weight is 388 g/mol. The summed E-state index contributed by atoms with van der Waals surface area (Å²) in [5.41, 5.74) is 0.619. The fourth-order valence-corrected chi connectivity index (χ4v) is 5.45. The second-order valence-corrected chi connectivity index (χ2v) is 9.38. The molecule has 6 nitrogen and oxygen atoms in total. The first-order chi connectivity index (χ1) is 13.0. The van der Waals surface area contributed by atoms with E-state index in [9.17, 15) is 13.2 Å². The largest absolute Gasteiger partial charge is 0.468 e. The molecule has 2 saturated carbocycles.